The van der Waals surface area contributed by atoms with E-state index in [0.717, 1.165) is 12.8 Å². The summed E-state index contributed by atoms with van der Waals surface area (Å²) in [5.41, 5.74) is 6.24. The van der Waals surface area contributed by atoms with Crippen LogP contribution in [0.1, 0.15) is 31.2 Å². The number of amides is 1. The van der Waals surface area contributed by atoms with E-state index in [1.54, 1.807) is 18.2 Å². The Balaban J connectivity index is 2.12. The van der Waals surface area contributed by atoms with Crippen LogP contribution in [0.25, 0.3) is 0 Å². The normalized spacial score (nSPS) is 17.2. The van der Waals surface area contributed by atoms with Crippen LogP contribution >= 0.6 is 11.6 Å². The number of nitrogens with one attached hydrogen (secondary N) is 1. The van der Waals surface area contributed by atoms with E-state index in [9.17, 15) is 4.79 Å². The number of nitriles is 1. The summed E-state index contributed by atoms with van der Waals surface area (Å²) in [5.74, 6) is -0.180. The van der Waals surface area contributed by atoms with Gasteiger partial charge in [0.2, 0.25) is 5.91 Å². The minimum atomic E-state index is -0.764. The van der Waals surface area contributed by atoms with Crippen molar-refractivity contribution in [3.63, 3.8) is 0 Å². The number of nitrogens with zero attached hydrogens (tertiary/aromatic N) is 1. The lowest BCUT2D eigenvalue weighted by Crippen LogP contribution is -2.48. The van der Waals surface area contributed by atoms with E-state index in [1.807, 2.05) is 6.07 Å². The van der Waals surface area contributed by atoms with Gasteiger partial charge in [0.05, 0.1) is 16.1 Å². The number of benzene rings is 1. The van der Waals surface area contributed by atoms with E-state index < -0.39 is 5.54 Å². The highest BCUT2D eigenvalue weighted by atomic mass is 35.5. The summed E-state index contributed by atoms with van der Waals surface area (Å²) < 4.78 is 0. The molecule has 0 unspecified atom stereocenters. The predicted octanol–water partition coefficient (Wildman–Crippen LogP) is 2.42. The zero-order chi connectivity index (χ0) is 13.2. The topological polar surface area (TPSA) is 78.9 Å². The molecule has 2 rings (SSSR count). The Morgan fingerprint density at radius 2 is 2.11 bits per heavy atom. The summed E-state index contributed by atoms with van der Waals surface area (Å²) in [5, 5.41) is 11.8. The van der Waals surface area contributed by atoms with Gasteiger partial charge in [-0.15, -0.1) is 0 Å². The molecule has 0 heterocycles. The quantitative estimate of drug-likeness (QED) is 0.860. The molecular weight excluding hydrogens is 250 g/mol. The van der Waals surface area contributed by atoms with Crippen LogP contribution in [0.3, 0.4) is 0 Å². The molecule has 94 valence electrons. The first-order chi connectivity index (χ1) is 8.55. The molecule has 0 aromatic heterocycles. The van der Waals surface area contributed by atoms with Crippen LogP contribution in [0.5, 0.6) is 0 Å². The molecular formula is C13H14ClN3O. The smallest absolute Gasteiger partial charge is 0.244 e. The second kappa shape index (κ2) is 4.97. The number of halogens is 1. The van der Waals surface area contributed by atoms with Crippen molar-refractivity contribution in [2.24, 2.45) is 5.73 Å². The molecule has 5 heteroatoms. The summed E-state index contributed by atoms with van der Waals surface area (Å²) in [6.45, 7) is 0. The maximum atomic E-state index is 12.1. The molecule has 0 radical (unpaired) electrons. The van der Waals surface area contributed by atoms with E-state index >= 15 is 0 Å². The highest BCUT2D eigenvalue weighted by molar-refractivity contribution is 6.32. The third-order valence-corrected chi connectivity index (χ3v) is 3.61. The van der Waals surface area contributed by atoms with Gasteiger partial charge in [-0.05, 0) is 31.0 Å². The number of carbonyl (C=O) groups is 1. The zero-order valence-electron chi connectivity index (χ0n) is 9.87. The van der Waals surface area contributed by atoms with Crippen LogP contribution in [0.15, 0.2) is 18.2 Å². The molecule has 18 heavy (non-hydrogen) atoms. The molecule has 1 fully saturated rings. The van der Waals surface area contributed by atoms with Crippen LogP contribution in [-0.4, -0.2) is 11.4 Å². The molecule has 3 N–H and O–H groups in total. The number of hydrogen-bond acceptors (Lipinski definition) is 3. The SMILES string of the molecule is N#Cc1ccc(NC(=O)C2(N)CCCC2)cc1Cl. The molecule has 1 aromatic carbocycles. The van der Waals surface area contributed by atoms with Gasteiger partial charge in [-0.1, -0.05) is 24.4 Å². The minimum Gasteiger partial charge on any atom is -0.324 e. The van der Waals surface area contributed by atoms with E-state index in [-0.39, 0.29) is 5.91 Å². The molecule has 1 saturated carbocycles. The summed E-state index contributed by atoms with van der Waals surface area (Å²) in [4.78, 5) is 12.1. The third-order valence-electron chi connectivity index (χ3n) is 3.30. The van der Waals surface area contributed by atoms with Gasteiger partial charge in [-0.3, -0.25) is 4.79 Å². The van der Waals surface area contributed by atoms with Crippen molar-refractivity contribution in [3.05, 3.63) is 28.8 Å². The first-order valence-electron chi connectivity index (χ1n) is 5.85. The van der Waals surface area contributed by atoms with E-state index in [2.05, 4.69) is 5.32 Å². The Kier molecular flexibility index (Phi) is 3.55. The van der Waals surface area contributed by atoms with Gasteiger partial charge >= 0.3 is 0 Å². The highest BCUT2D eigenvalue weighted by Gasteiger charge is 2.36. The minimum absolute atomic E-state index is 0.180. The Labute approximate surface area is 111 Å². The fraction of sp³-hybridized carbons (Fsp3) is 0.385. The van der Waals surface area contributed by atoms with Gasteiger partial charge in [-0.2, -0.15) is 5.26 Å². The average molecular weight is 264 g/mol. The predicted molar refractivity (Wildman–Crippen MR) is 70.2 cm³/mol. The Morgan fingerprint density at radius 3 is 2.67 bits per heavy atom. The first-order valence-corrected chi connectivity index (χ1v) is 6.23. The first kappa shape index (κ1) is 12.9. The summed E-state index contributed by atoms with van der Waals surface area (Å²) >= 11 is 5.90. The van der Waals surface area contributed by atoms with Gasteiger partial charge in [0.25, 0.3) is 0 Å². The van der Waals surface area contributed by atoms with Crippen LogP contribution in [0.2, 0.25) is 5.02 Å². The second-order valence-corrected chi connectivity index (χ2v) is 5.03. The Bertz CT molecular complexity index is 515. The maximum Gasteiger partial charge on any atom is 0.244 e. The van der Waals surface area contributed by atoms with Crippen molar-refractivity contribution in [1.29, 1.82) is 5.26 Å². The van der Waals surface area contributed by atoms with Crippen molar-refractivity contribution >= 4 is 23.2 Å². The molecule has 0 aliphatic heterocycles. The summed E-state index contributed by atoms with van der Waals surface area (Å²) in [6.07, 6.45) is 3.39. The summed E-state index contributed by atoms with van der Waals surface area (Å²) in [6, 6.07) is 6.77. The van der Waals surface area contributed by atoms with Crippen LogP contribution in [-0.2, 0) is 4.79 Å². The van der Waals surface area contributed by atoms with E-state index in [1.165, 1.54) is 0 Å². The average Bonchev–Trinajstić information content (AvgIpc) is 2.78. The largest absolute Gasteiger partial charge is 0.324 e. The molecule has 0 atom stereocenters. The highest BCUT2D eigenvalue weighted by Crippen LogP contribution is 2.29. The van der Waals surface area contributed by atoms with Crippen LogP contribution in [0.4, 0.5) is 5.69 Å². The van der Waals surface area contributed by atoms with Crippen molar-refractivity contribution in [2.75, 3.05) is 5.32 Å². The Morgan fingerprint density at radius 1 is 1.44 bits per heavy atom. The molecule has 0 bridgehead atoms. The second-order valence-electron chi connectivity index (χ2n) is 4.62. The number of hydrogen-bond donors (Lipinski definition) is 2. The fourth-order valence-corrected chi connectivity index (χ4v) is 2.39. The van der Waals surface area contributed by atoms with Crippen molar-refractivity contribution in [1.82, 2.24) is 0 Å². The van der Waals surface area contributed by atoms with Crippen LogP contribution in [0, 0.1) is 11.3 Å². The third kappa shape index (κ3) is 2.47. The zero-order valence-corrected chi connectivity index (χ0v) is 10.6. The molecule has 4 nitrogen and oxygen atoms in total. The molecule has 1 amide bonds. The van der Waals surface area contributed by atoms with Gasteiger partial charge in [0.1, 0.15) is 6.07 Å². The fourth-order valence-electron chi connectivity index (χ4n) is 2.17. The van der Waals surface area contributed by atoms with Gasteiger partial charge < -0.3 is 11.1 Å². The summed E-state index contributed by atoms with van der Waals surface area (Å²) in [7, 11) is 0. The lowest BCUT2D eigenvalue weighted by Gasteiger charge is -2.22. The molecule has 0 saturated heterocycles. The van der Waals surface area contributed by atoms with E-state index in [4.69, 9.17) is 22.6 Å². The number of rotatable bonds is 2. The van der Waals surface area contributed by atoms with E-state index in [0.29, 0.717) is 29.1 Å². The van der Waals surface area contributed by atoms with Gasteiger partial charge in [0, 0.05) is 5.69 Å². The monoisotopic (exact) mass is 263 g/mol. The Hall–Kier alpha value is -1.57. The van der Waals surface area contributed by atoms with Crippen molar-refractivity contribution in [2.45, 2.75) is 31.2 Å². The molecule has 0 spiro atoms. The number of anilines is 1. The molecule has 1 aliphatic carbocycles. The van der Waals surface area contributed by atoms with Crippen molar-refractivity contribution < 1.29 is 4.79 Å². The van der Waals surface area contributed by atoms with Gasteiger partial charge in [-0.25, -0.2) is 0 Å². The maximum absolute atomic E-state index is 12.1. The lowest BCUT2D eigenvalue weighted by molar-refractivity contribution is -0.121. The molecule has 1 aromatic rings. The van der Waals surface area contributed by atoms with Crippen molar-refractivity contribution in [3.8, 4) is 6.07 Å². The number of carbonyl (C=O) groups excluding carboxylic acids is 1. The molecule has 1 aliphatic rings. The number of nitrogens with two attached hydrogens (primary N) is 1. The van der Waals surface area contributed by atoms with Crippen LogP contribution < -0.4 is 11.1 Å². The lowest BCUT2D eigenvalue weighted by atomic mass is 9.98. The standard InChI is InChI=1S/C13H14ClN3O/c14-11-7-10(4-3-9(11)8-15)17-12(18)13(16)5-1-2-6-13/h3-4,7H,1-2,5-6,16H2,(H,17,18). The van der Waals surface area contributed by atoms with Gasteiger partial charge in [0.15, 0.2) is 0 Å².